The van der Waals surface area contributed by atoms with E-state index in [1.165, 1.54) is 4.90 Å². The van der Waals surface area contributed by atoms with Gasteiger partial charge in [-0.1, -0.05) is 39.5 Å². The molecule has 0 aliphatic carbocycles. The van der Waals surface area contributed by atoms with E-state index in [0.717, 1.165) is 25.7 Å². The van der Waals surface area contributed by atoms with Crippen LogP contribution in [-0.4, -0.2) is 51.6 Å². The van der Waals surface area contributed by atoms with E-state index in [1.807, 2.05) is 0 Å². The van der Waals surface area contributed by atoms with Crippen molar-refractivity contribution in [2.24, 2.45) is 4.99 Å². The number of carbonyl (C=O) groups excluding carboxylic acids is 2. The molecule has 0 bridgehead atoms. The number of aliphatic carboxylic acids is 1. The van der Waals surface area contributed by atoms with E-state index in [4.69, 9.17) is 14.8 Å². The number of carboxylic acids is 1. The van der Waals surface area contributed by atoms with Crippen LogP contribution in [0.5, 0.6) is 0 Å². The van der Waals surface area contributed by atoms with Gasteiger partial charge in [-0.15, -0.1) is 0 Å². The van der Waals surface area contributed by atoms with Crippen LogP contribution in [0.2, 0.25) is 0 Å². The molecular weight excluding hydrogens is 374 g/mol. The molecule has 0 saturated heterocycles. The Morgan fingerprint density at radius 3 is 2.17 bits per heavy atom. The summed E-state index contributed by atoms with van der Waals surface area (Å²) in [5, 5.41) is 11.5. The maximum Gasteiger partial charge on any atom is 0.414 e. The number of guanidine groups is 1. The van der Waals surface area contributed by atoms with Gasteiger partial charge in [0, 0.05) is 13.0 Å². The quantitative estimate of drug-likeness (QED) is 0.498. The molecule has 1 rings (SSSR count). The van der Waals surface area contributed by atoms with E-state index in [9.17, 15) is 14.4 Å². The minimum Gasteiger partial charge on any atom is -0.481 e. The minimum atomic E-state index is -0.862. The van der Waals surface area contributed by atoms with Crippen LogP contribution in [0.4, 0.5) is 4.79 Å². The zero-order chi connectivity index (χ0) is 22.1. The van der Waals surface area contributed by atoms with Crippen LogP contribution in [0.25, 0.3) is 0 Å². The molecule has 2 amide bonds. The van der Waals surface area contributed by atoms with Crippen LogP contribution in [0.15, 0.2) is 4.99 Å². The summed E-state index contributed by atoms with van der Waals surface area (Å²) in [4.78, 5) is 42.6. The Bertz CT molecular complexity index is 602. The highest BCUT2D eigenvalue weighted by Crippen LogP contribution is 2.33. The number of rotatable bonds is 11. The average Bonchev–Trinajstić information content (AvgIpc) is 2.85. The first-order valence-corrected chi connectivity index (χ1v) is 10.7. The second-order valence-corrected chi connectivity index (χ2v) is 8.61. The maximum atomic E-state index is 13.3. The number of alkyl carbamates (subject to hydrolysis) is 1. The number of unbranched alkanes of at least 4 members (excludes halogenated alkanes) is 3. The van der Waals surface area contributed by atoms with E-state index in [2.05, 4.69) is 19.2 Å². The van der Waals surface area contributed by atoms with E-state index in [0.29, 0.717) is 32.2 Å². The largest absolute Gasteiger partial charge is 0.481 e. The second kappa shape index (κ2) is 11.2. The first-order valence-electron chi connectivity index (χ1n) is 10.7. The third-order valence-corrected chi connectivity index (χ3v) is 4.74. The molecule has 0 radical (unpaired) electrons. The van der Waals surface area contributed by atoms with Crippen LogP contribution in [0.3, 0.4) is 0 Å². The van der Waals surface area contributed by atoms with Crippen LogP contribution < -0.4 is 5.32 Å². The average molecular weight is 412 g/mol. The van der Waals surface area contributed by atoms with Crippen molar-refractivity contribution in [3.8, 4) is 0 Å². The molecule has 0 aromatic heterocycles. The molecule has 0 unspecified atom stereocenters. The Kier molecular flexibility index (Phi) is 9.59. The fraction of sp³-hybridized carbons (Fsp3) is 0.810. The van der Waals surface area contributed by atoms with Crippen LogP contribution in [0.1, 0.15) is 92.4 Å². The van der Waals surface area contributed by atoms with Gasteiger partial charge in [-0.2, -0.15) is 0 Å². The minimum absolute atomic E-state index is 0.0464. The normalized spacial score (nSPS) is 16.0. The van der Waals surface area contributed by atoms with Gasteiger partial charge in [0.15, 0.2) is 0 Å². The Hall–Kier alpha value is -2.12. The van der Waals surface area contributed by atoms with Gasteiger partial charge in [-0.3, -0.25) is 19.8 Å². The summed E-state index contributed by atoms with van der Waals surface area (Å²) in [5.41, 5.74) is -1.52. The fourth-order valence-corrected chi connectivity index (χ4v) is 3.29. The standard InChI is InChI=1S/C21H37N3O5/c1-6-8-13-21(14-9-7-2)17(27)24(15-11-10-12-16(25)26)18(23-21)22-19(28)29-20(3,4)5/h6-15H2,1-5H3,(H,25,26)(H,22,23,28). The Labute approximate surface area is 174 Å². The summed E-state index contributed by atoms with van der Waals surface area (Å²) in [7, 11) is 0. The maximum absolute atomic E-state index is 13.3. The van der Waals surface area contributed by atoms with Crippen molar-refractivity contribution in [3.63, 3.8) is 0 Å². The molecule has 0 spiro atoms. The van der Waals surface area contributed by atoms with Crippen molar-refractivity contribution < 1.29 is 24.2 Å². The number of nitrogens with one attached hydrogen (secondary N) is 1. The number of nitrogens with zero attached hydrogens (tertiary/aromatic N) is 2. The monoisotopic (exact) mass is 411 g/mol. The number of amides is 2. The molecular formula is C21H37N3O5. The van der Waals surface area contributed by atoms with E-state index in [-0.39, 0.29) is 18.3 Å². The molecule has 1 aliphatic rings. The number of hydrogen-bond acceptors (Lipinski definition) is 5. The van der Waals surface area contributed by atoms with Gasteiger partial charge in [0.05, 0.1) is 0 Å². The van der Waals surface area contributed by atoms with E-state index < -0.39 is 23.2 Å². The summed E-state index contributed by atoms with van der Waals surface area (Å²) in [6.07, 6.45) is 5.26. The Morgan fingerprint density at radius 2 is 1.69 bits per heavy atom. The fourth-order valence-electron chi connectivity index (χ4n) is 3.29. The van der Waals surface area contributed by atoms with Crippen molar-refractivity contribution >= 4 is 23.9 Å². The lowest BCUT2D eigenvalue weighted by Gasteiger charge is -2.26. The van der Waals surface area contributed by atoms with Crippen molar-refractivity contribution in [1.29, 1.82) is 0 Å². The Morgan fingerprint density at radius 1 is 1.10 bits per heavy atom. The summed E-state index contributed by atoms with van der Waals surface area (Å²) < 4.78 is 5.32. The van der Waals surface area contributed by atoms with Crippen LogP contribution in [0, 0.1) is 0 Å². The van der Waals surface area contributed by atoms with Gasteiger partial charge in [0.25, 0.3) is 5.91 Å². The van der Waals surface area contributed by atoms with Crippen molar-refractivity contribution in [1.82, 2.24) is 10.2 Å². The topological polar surface area (TPSA) is 108 Å². The summed E-state index contributed by atoms with van der Waals surface area (Å²) in [6, 6.07) is 0. The van der Waals surface area contributed by atoms with Crippen molar-refractivity contribution in [2.75, 3.05) is 6.54 Å². The third kappa shape index (κ3) is 8.03. The van der Waals surface area contributed by atoms with Crippen molar-refractivity contribution in [3.05, 3.63) is 0 Å². The molecule has 0 aromatic rings. The first-order chi connectivity index (χ1) is 13.5. The molecule has 2 N–H and O–H groups in total. The summed E-state index contributed by atoms with van der Waals surface area (Å²) >= 11 is 0. The Balaban J connectivity index is 3.04. The van der Waals surface area contributed by atoms with Gasteiger partial charge in [-0.05, 0) is 46.5 Å². The smallest absolute Gasteiger partial charge is 0.414 e. The summed E-state index contributed by atoms with van der Waals surface area (Å²) in [5.74, 6) is -0.758. The number of hydrogen-bond donors (Lipinski definition) is 2. The number of carboxylic acid groups (broad SMARTS) is 1. The lowest BCUT2D eigenvalue weighted by Crippen LogP contribution is -2.48. The summed E-state index contributed by atoms with van der Waals surface area (Å²) in [6.45, 7) is 9.76. The number of ether oxygens (including phenoxy) is 1. The molecule has 8 heteroatoms. The zero-order valence-electron chi connectivity index (χ0n) is 18.5. The molecule has 166 valence electrons. The lowest BCUT2D eigenvalue weighted by molar-refractivity contribution is -0.137. The van der Waals surface area contributed by atoms with Crippen molar-refractivity contribution in [2.45, 2.75) is 104 Å². The lowest BCUT2D eigenvalue weighted by atomic mass is 9.87. The molecule has 0 saturated carbocycles. The van der Waals surface area contributed by atoms with Gasteiger partial charge in [0.1, 0.15) is 11.1 Å². The predicted molar refractivity (Wildman–Crippen MR) is 112 cm³/mol. The highest BCUT2D eigenvalue weighted by Gasteiger charge is 2.47. The second-order valence-electron chi connectivity index (χ2n) is 8.61. The molecule has 8 nitrogen and oxygen atoms in total. The zero-order valence-corrected chi connectivity index (χ0v) is 18.5. The van der Waals surface area contributed by atoms with Crippen LogP contribution >= 0.6 is 0 Å². The number of aliphatic imine (C=N–C) groups is 1. The van der Waals surface area contributed by atoms with Gasteiger partial charge in [0.2, 0.25) is 5.96 Å². The van der Waals surface area contributed by atoms with Gasteiger partial charge >= 0.3 is 12.1 Å². The highest BCUT2D eigenvalue weighted by atomic mass is 16.6. The molecule has 0 fully saturated rings. The molecule has 0 atom stereocenters. The van der Waals surface area contributed by atoms with E-state index in [1.54, 1.807) is 20.8 Å². The molecule has 29 heavy (non-hydrogen) atoms. The first kappa shape index (κ1) is 24.9. The number of carbonyl (C=O) groups is 3. The molecule has 1 heterocycles. The van der Waals surface area contributed by atoms with Crippen LogP contribution in [-0.2, 0) is 14.3 Å². The van der Waals surface area contributed by atoms with Gasteiger partial charge in [-0.25, -0.2) is 9.79 Å². The predicted octanol–water partition coefficient (Wildman–Crippen LogP) is 4.08. The third-order valence-electron chi connectivity index (χ3n) is 4.74. The van der Waals surface area contributed by atoms with Gasteiger partial charge < -0.3 is 9.84 Å². The molecule has 1 aliphatic heterocycles. The highest BCUT2D eigenvalue weighted by molar-refractivity contribution is 6.11. The molecule has 0 aromatic carbocycles. The SMILES string of the molecule is CCCCC1(CCCC)N=C(NC(=O)OC(C)(C)C)N(CCCCC(=O)O)C1=O. The van der Waals surface area contributed by atoms with E-state index >= 15 is 0 Å².